The van der Waals surface area contributed by atoms with Gasteiger partial charge in [0.2, 0.25) is 0 Å². The molecule has 1 aromatic rings. The third kappa shape index (κ3) is 6.88. The summed E-state index contributed by atoms with van der Waals surface area (Å²) in [5.74, 6) is -1.80. The second kappa shape index (κ2) is 7.59. The number of ketones is 1. The molecule has 0 spiro atoms. The van der Waals surface area contributed by atoms with Crippen LogP contribution in [0.2, 0.25) is 0 Å². The molecule has 2 N–H and O–H groups in total. The Morgan fingerprint density at radius 2 is 1.77 bits per heavy atom. The zero-order chi connectivity index (χ0) is 16.8. The maximum atomic E-state index is 12.0. The topological polar surface area (TPSA) is 92.7 Å². The highest BCUT2D eigenvalue weighted by atomic mass is 16.6. The summed E-state index contributed by atoms with van der Waals surface area (Å²) in [6.45, 7) is 5.12. The Hall–Kier alpha value is -2.37. The molecule has 0 bridgehead atoms. The summed E-state index contributed by atoms with van der Waals surface area (Å²) in [7, 11) is 0. The van der Waals surface area contributed by atoms with Gasteiger partial charge in [0.15, 0.2) is 5.78 Å². The van der Waals surface area contributed by atoms with Gasteiger partial charge in [-0.2, -0.15) is 0 Å². The van der Waals surface area contributed by atoms with E-state index >= 15 is 0 Å². The van der Waals surface area contributed by atoms with Gasteiger partial charge in [0.1, 0.15) is 12.0 Å². The molecule has 1 atom stereocenters. The SMILES string of the molecule is CC(C)(C)OC(=O)NC(Cc1ccccc1)C(=O)CC(=O)O. The molecule has 0 heterocycles. The minimum Gasteiger partial charge on any atom is -0.481 e. The van der Waals surface area contributed by atoms with Crippen molar-refractivity contribution in [1.29, 1.82) is 0 Å². The van der Waals surface area contributed by atoms with Crippen LogP contribution in [0.1, 0.15) is 32.8 Å². The fourth-order valence-electron chi connectivity index (χ4n) is 1.82. The number of carboxylic acids is 1. The van der Waals surface area contributed by atoms with Crippen LogP contribution in [-0.4, -0.2) is 34.6 Å². The zero-order valence-electron chi connectivity index (χ0n) is 13.0. The normalized spacial score (nSPS) is 12.3. The molecule has 1 aromatic carbocycles. The van der Waals surface area contributed by atoms with Crippen LogP contribution in [-0.2, 0) is 20.7 Å². The summed E-state index contributed by atoms with van der Waals surface area (Å²) < 4.78 is 5.11. The maximum Gasteiger partial charge on any atom is 0.408 e. The molecule has 0 saturated heterocycles. The molecule has 1 amide bonds. The van der Waals surface area contributed by atoms with E-state index in [1.807, 2.05) is 18.2 Å². The first kappa shape index (κ1) is 17.7. The molecular formula is C16H21NO5. The summed E-state index contributed by atoms with van der Waals surface area (Å²) in [5, 5.41) is 11.2. The number of hydrogen-bond acceptors (Lipinski definition) is 4. The van der Waals surface area contributed by atoms with Crippen molar-refractivity contribution >= 4 is 17.8 Å². The van der Waals surface area contributed by atoms with E-state index in [1.54, 1.807) is 32.9 Å². The van der Waals surface area contributed by atoms with Crippen LogP contribution < -0.4 is 5.32 Å². The number of alkyl carbamates (subject to hydrolysis) is 1. The Bertz CT molecular complexity index is 533. The lowest BCUT2D eigenvalue weighted by Crippen LogP contribution is -2.45. The number of Topliss-reactive ketones (excluding diaryl/α,β-unsaturated/α-hetero) is 1. The van der Waals surface area contributed by atoms with Crippen molar-refractivity contribution in [1.82, 2.24) is 5.32 Å². The Morgan fingerprint density at radius 1 is 1.18 bits per heavy atom. The lowest BCUT2D eigenvalue weighted by atomic mass is 10.0. The standard InChI is InChI=1S/C16H21NO5/c1-16(2,3)22-15(21)17-12(13(18)10-14(19)20)9-11-7-5-4-6-8-11/h4-8,12H,9-10H2,1-3H3,(H,17,21)(H,19,20). The van der Waals surface area contributed by atoms with Crippen LogP contribution >= 0.6 is 0 Å². The molecule has 0 aliphatic heterocycles. The number of nitrogens with one attached hydrogen (secondary N) is 1. The quantitative estimate of drug-likeness (QED) is 0.786. The monoisotopic (exact) mass is 307 g/mol. The minimum atomic E-state index is -1.23. The van der Waals surface area contributed by atoms with Gasteiger partial charge >= 0.3 is 12.1 Å². The van der Waals surface area contributed by atoms with Gasteiger partial charge in [-0.25, -0.2) is 4.79 Å². The number of carbonyl (C=O) groups excluding carboxylic acids is 2. The number of amides is 1. The van der Waals surface area contributed by atoms with Crippen molar-refractivity contribution < 1.29 is 24.2 Å². The van der Waals surface area contributed by atoms with E-state index in [0.29, 0.717) is 0 Å². The van der Waals surface area contributed by atoms with Crippen LogP contribution in [0.5, 0.6) is 0 Å². The summed E-state index contributed by atoms with van der Waals surface area (Å²) in [4.78, 5) is 34.5. The number of aliphatic carboxylic acids is 1. The van der Waals surface area contributed by atoms with Gasteiger partial charge in [-0.1, -0.05) is 30.3 Å². The van der Waals surface area contributed by atoms with Gasteiger partial charge in [0, 0.05) is 0 Å². The minimum absolute atomic E-state index is 0.214. The Kier molecular flexibility index (Phi) is 6.10. The molecule has 0 fully saturated rings. The third-order valence-electron chi connectivity index (χ3n) is 2.69. The van der Waals surface area contributed by atoms with Crippen molar-refractivity contribution in [3.63, 3.8) is 0 Å². The molecule has 6 heteroatoms. The number of hydrogen-bond donors (Lipinski definition) is 2. The lowest BCUT2D eigenvalue weighted by molar-refractivity contribution is -0.140. The highest BCUT2D eigenvalue weighted by Crippen LogP contribution is 2.09. The molecular weight excluding hydrogens is 286 g/mol. The van der Waals surface area contributed by atoms with E-state index in [9.17, 15) is 14.4 Å². The molecule has 22 heavy (non-hydrogen) atoms. The Morgan fingerprint density at radius 3 is 2.27 bits per heavy atom. The van der Waals surface area contributed by atoms with E-state index in [0.717, 1.165) is 5.56 Å². The first-order valence-electron chi connectivity index (χ1n) is 6.95. The van der Waals surface area contributed by atoms with Gasteiger partial charge in [0.25, 0.3) is 0 Å². The average Bonchev–Trinajstić information content (AvgIpc) is 2.36. The third-order valence-corrected chi connectivity index (χ3v) is 2.69. The van der Waals surface area contributed by atoms with Crippen LogP contribution in [0, 0.1) is 0 Å². The molecule has 120 valence electrons. The molecule has 6 nitrogen and oxygen atoms in total. The fraction of sp³-hybridized carbons (Fsp3) is 0.438. The summed E-state index contributed by atoms with van der Waals surface area (Å²) >= 11 is 0. The van der Waals surface area contributed by atoms with E-state index in [-0.39, 0.29) is 6.42 Å². The number of benzene rings is 1. The zero-order valence-corrected chi connectivity index (χ0v) is 13.0. The first-order chi connectivity index (χ1) is 10.2. The highest BCUT2D eigenvalue weighted by molar-refractivity contribution is 5.99. The van der Waals surface area contributed by atoms with Gasteiger partial charge in [-0.05, 0) is 32.8 Å². The van der Waals surface area contributed by atoms with Crippen LogP contribution in [0.15, 0.2) is 30.3 Å². The average molecular weight is 307 g/mol. The van der Waals surface area contributed by atoms with Crippen LogP contribution in [0.3, 0.4) is 0 Å². The molecule has 0 aromatic heterocycles. The van der Waals surface area contributed by atoms with Gasteiger partial charge in [-0.3, -0.25) is 9.59 Å². The van der Waals surface area contributed by atoms with Crippen molar-refractivity contribution in [2.45, 2.75) is 45.3 Å². The molecule has 0 aliphatic rings. The second-order valence-corrected chi connectivity index (χ2v) is 5.93. The maximum absolute atomic E-state index is 12.0. The first-order valence-corrected chi connectivity index (χ1v) is 6.95. The van der Waals surface area contributed by atoms with Gasteiger partial charge in [-0.15, -0.1) is 0 Å². The summed E-state index contributed by atoms with van der Waals surface area (Å²) in [6.07, 6.45) is -1.17. The predicted octanol–water partition coefficient (Wildman–Crippen LogP) is 2.17. The number of carboxylic acid groups (broad SMARTS) is 1. The Balaban J connectivity index is 2.80. The smallest absolute Gasteiger partial charge is 0.408 e. The molecule has 1 unspecified atom stereocenters. The van der Waals surface area contributed by atoms with E-state index in [2.05, 4.69) is 5.32 Å². The van der Waals surface area contributed by atoms with E-state index < -0.39 is 35.9 Å². The van der Waals surface area contributed by atoms with Crippen molar-refractivity contribution in [3.8, 4) is 0 Å². The molecule has 0 radical (unpaired) electrons. The van der Waals surface area contributed by atoms with Crippen LogP contribution in [0.4, 0.5) is 4.79 Å². The van der Waals surface area contributed by atoms with Crippen molar-refractivity contribution in [3.05, 3.63) is 35.9 Å². The summed E-state index contributed by atoms with van der Waals surface area (Å²) in [5.41, 5.74) is 0.124. The number of ether oxygens (including phenoxy) is 1. The Labute approximate surface area is 129 Å². The molecule has 0 saturated carbocycles. The van der Waals surface area contributed by atoms with E-state index in [4.69, 9.17) is 9.84 Å². The molecule has 1 rings (SSSR count). The fourth-order valence-corrected chi connectivity index (χ4v) is 1.82. The predicted molar refractivity (Wildman–Crippen MR) is 80.6 cm³/mol. The number of carbonyl (C=O) groups is 3. The van der Waals surface area contributed by atoms with E-state index in [1.165, 1.54) is 0 Å². The second-order valence-electron chi connectivity index (χ2n) is 5.93. The highest BCUT2D eigenvalue weighted by Gasteiger charge is 2.25. The van der Waals surface area contributed by atoms with Gasteiger partial charge < -0.3 is 15.2 Å². The summed E-state index contributed by atoms with van der Waals surface area (Å²) in [6, 6.07) is 8.12. The lowest BCUT2D eigenvalue weighted by Gasteiger charge is -2.23. The molecule has 0 aliphatic carbocycles. The van der Waals surface area contributed by atoms with Crippen molar-refractivity contribution in [2.24, 2.45) is 0 Å². The van der Waals surface area contributed by atoms with Crippen molar-refractivity contribution in [2.75, 3.05) is 0 Å². The van der Waals surface area contributed by atoms with Gasteiger partial charge in [0.05, 0.1) is 6.04 Å². The van der Waals surface area contributed by atoms with Crippen LogP contribution in [0.25, 0.3) is 0 Å². The number of rotatable bonds is 6. The largest absolute Gasteiger partial charge is 0.481 e.